The average molecular weight is 421 g/mol. The van der Waals surface area contributed by atoms with Crippen LogP contribution in [0.4, 0.5) is 4.79 Å². The molecule has 0 fully saturated rings. The monoisotopic (exact) mass is 421 g/mol. The molecule has 31 heavy (non-hydrogen) atoms. The van der Waals surface area contributed by atoms with E-state index in [4.69, 9.17) is 18.9 Å². The minimum atomic E-state index is -0.706. The molecule has 0 aliphatic rings. The van der Waals surface area contributed by atoms with Crippen molar-refractivity contribution < 1.29 is 28.5 Å². The lowest BCUT2D eigenvalue weighted by Gasteiger charge is -2.12. The molecule has 7 nitrogen and oxygen atoms in total. The van der Waals surface area contributed by atoms with Crippen molar-refractivity contribution in [2.45, 2.75) is 13.2 Å². The Bertz CT molecular complexity index is 991. The Morgan fingerprint density at radius 3 is 2.10 bits per heavy atom. The van der Waals surface area contributed by atoms with E-state index in [0.717, 1.165) is 11.1 Å². The number of methoxy groups -OCH3 is 1. The summed E-state index contributed by atoms with van der Waals surface area (Å²) in [7, 11) is 1.50. The molecule has 1 amide bonds. The van der Waals surface area contributed by atoms with E-state index in [-0.39, 0.29) is 18.9 Å². The van der Waals surface area contributed by atoms with Gasteiger partial charge >= 0.3 is 12.1 Å². The summed E-state index contributed by atoms with van der Waals surface area (Å²) in [6.45, 7) is 0.164. The first-order valence-electron chi connectivity index (χ1n) is 9.64. The largest absolute Gasteiger partial charge is 0.493 e. The number of alkyl carbamates (subject to hydrolysis) is 1. The van der Waals surface area contributed by atoms with Crippen molar-refractivity contribution >= 4 is 12.1 Å². The summed E-state index contributed by atoms with van der Waals surface area (Å²) in [6, 6.07) is 23.8. The minimum Gasteiger partial charge on any atom is -0.493 e. The van der Waals surface area contributed by atoms with E-state index in [1.54, 1.807) is 18.2 Å². The van der Waals surface area contributed by atoms with Crippen LogP contribution in [-0.2, 0) is 22.7 Å². The Morgan fingerprint density at radius 2 is 1.45 bits per heavy atom. The molecule has 0 radical (unpaired) electrons. The number of rotatable bonds is 9. The average Bonchev–Trinajstić information content (AvgIpc) is 2.81. The number of carbonyl (C=O) groups excluding carboxylic acids is 2. The summed E-state index contributed by atoms with van der Waals surface area (Å²) in [4.78, 5) is 23.8. The number of ether oxygens (including phenoxy) is 4. The summed E-state index contributed by atoms with van der Waals surface area (Å²) in [5.41, 5.74) is 1.87. The van der Waals surface area contributed by atoms with Gasteiger partial charge in [0.2, 0.25) is 0 Å². The van der Waals surface area contributed by atoms with Crippen LogP contribution in [0.15, 0.2) is 78.9 Å². The first-order valence-corrected chi connectivity index (χ1v) is 9.64. The van der Waals surface area contributed by atoms with Crippen molar-refractivity contribution in [3.05, 3.63) is 90.0 Å². The fourth-order valence-electron chi connectivity index (χ4n) is 2.65. The second-order valence-corrected chi connectivity index (χ2v) is 6.48. The Hall–Kier alpha value is -4.00. The molecule has 0 spiro atoms. The summed E-state index contributed by atoms with van der Waals surface area (Å²) < 4.78 is 21.4. The minimum absolute atomic E-state index is 0.114. The second-order valence-electron chi connectivity index (χ2n) is 6.48. The molecular weight excluding hydrogens is 398 g/mol. The molecule has 0 aliphatic carbocycles. The summed E-state index contributed by atoms with van der Waals surface area (Å²) in [6.07, 6.45) is -0.706. The standard InChI is InChI=1S/C24H23NO6/c1-28-22-14-20(12-13-21(22)29-16-18-8-4-2-5-9-18)31-23(26)15-25-24(27)30-17-19-10-6-3-7-11-19/h2-14H,15-17H2,1H3,(H,25,27). The maximum Gasteiger partial charge on any atom is 0.407 e. The van der Waals surface area contributed by atoms with Crippen LogP contribution >= 0.6 is 0 Å². The van der Waals surface area contributed by atoms with E-state index < -0.39 is 12.1 Å². The van der Waals surface area contributed by atoms with Gasteiger partial charge in [0.15, 0.2) is 11.5 Å². The molecule has 0 atom stereocenters. The lowest BCUT2D eigenvalue weighted by atomic mass is 10.2. The first kappa shape index (κ1) is 21.7. The summed E-state index contributed by atoms with van der Waals surface area (Å²) in [5, 5.41) is 2.36. The normalized spacial score (nSPS) is 10.1. The fourth-order valence-corrected chi connectivity index (χ4v) is 2.65. The third-order valence-electron chi connectivity index (χ3n) is 4.19. The number of amides is 1. The van der Waals surface area contributed by atoms with Gasteiger partial charge in [-0.3, -0.25) is 0 Å². The Kier molecular flexibility index (Phi) is 7.88. The zero-order valence-corrected chi connectivity index (χ0v) is 17.1. The number of nitrogens with one attached hydrogen (secondary N) is 1. The predicted octanol–water partition coefficient (Wildman–Crippen LogP) is 4.11. The van der Waals surface area contributed by atoms with Gasteiger partial charge in [-0.25, -0.2) is 9.59 Å². The second kappa shape index (κ2) is 11.3. The Morgan fingerprint density at radius 1 is 0.806 bits per heavy atom. The van der Waals surface area contributed by atoms with E-state index in [1.807, 2.05) is 60.7 Å². The van der Waals surface area contributed by atoms with Gasteiger partial charge in [0.25, 0.3) is 0 Å². The fraction of sp³-hybridized carbons (Fsp3) is 0.167. The van der Waals surface area contributed by atoms with Gasteiger partial charge in [-0.15, -0.1) is 0 Å². The highest BCUT2D eigenvalue weighted by Crippen LogP contribution is 2.32. The lowest BCUT2D eigenvalue weighted by Crippen LogP contribution is -2.32. The van der Waals surface area contributed by atoms with E-state index in [0.29, 0.717) is 18.1 Å². The number of hydrogen-bond acceptors (Lipinski definition) is 6. The maximum atomic E-state index is 12.0. The van der Waals surface area contributed by atoms with Gasteiger partial charge in [0.1, 0.15) is 25.5 Å². The van der Waals surface area contributed by atoms with Crippen LogP contribution in [0.2, 0.25) is 0 Å². The van der Waals surface area contributed by atoms with Crippen molar-refractivity contribution in [1.82, 2.24) is 5.32 Å². The predicted molar refractivity (Wildman–Crippen MR) is 114 cm³/mol. The number of carbonyl (C=O) groups is 2. The maximum absolute atomic E-state index is 12.0. The highest BCUT2D eigenvalue weighted by atomic mass is 16.6. The molecule has 3 aromatic rings. The highest BCUT2D eigenvalue weighted by Gasteiger charge is 2.12. The molecule has 0 heterocycles. The molecule has 1 N–H and O–H groups in total. The highest BCUT2D eigenvalue weighted by molar-refractivity contribution is 5.79. The molecule has 3 aromatic carbocycles. The molecule has 7 heteroatoms. The van der Waals surface area contributed by atoms with Gasteiger partial charge in [-0.2, -0.15) is 0 Å². The topological polar surface area (TPSA) is 83.1 Å². The van der Waals surface area contributed by atoms with Crippen LogP contribution in [0.5, 0.6) is 17.2 Å². The van der Waals surface area contributed by atoms with Crippen LogP contribution in [0.25, 0.3) is 0 Å². The van der Waals surface area contributed by atoms with Crippen LogP contribution in [0.3, 0.4) is 0 Å². The van der Waals surface area contributed by atoms with Gasteiger partial charge < -0.3 is 24.3 Å². The molecule has 0 bridgehead atoms. The molecule has 160 valence electrons. The molecular formula is C24H23NO6. The quantitative estimate of drug-likeness (QED) is 0.414. The van der Waals surface area contributed by atoms with Crippen molar-refractivity contribution in [3.8, 4) is 17.2 Å². The van der Waals surface area contributed by atoms with E-state index >= 15 is 0 Å². The van der Waals surface area contributed by atoms with Crippen molar-refractivity contribution in [1.29, 1.82) is 0 Å². The smallest absolute Gasteiger partial charge is 0.407 e. The van der Waals surface area contributed by atoms with E-state index in [9.17, 15) is 9.59 Å². The molecule has 0 aliphatic heterocycles. The van der Waals surface area contributed by atoms with Crippen LogP contribution < -0.4 is 19.5 Å². The van der Waals surface area contributed by atoms with Crippen LogP contribution in [-0.4, -0.2) is 25.7 Å². The van der Waals surface area contributed by atoms with E-state index in [1.165, 1.54) is 7.11 Å². The Balaban J connectivity index is 1.46. The third kappa shape index (κ3) is 7.08. The van der Waals surface area contributed by atoms with E-state index in [2.05, 4.69) is 5.32 Å². The molecule has 0 saturated carbocycles. The van der Waals surface area contributed by atoms with Crippen molar-refractivity contribution in [2.75, 3.05) is 13.7 Å². The summed E-state index contributed by atoms with van der Waals surface area (Å²) >= 11 is 0. The molecule has 0 unspecified atom stereocenters. The summed E-state index contributed by atoms with van der Waals surface area (Å²) in [5.74, 6) is 0.579. The zero-order valence-electron chi connectivity index (χ0n) is 17.1. The van der Waals surface area contributed by atoms with Gasteiger partial charge in [-0.1, -0.05) is 60.7 Å². The molecule has 0 saturated heterocycles. The van der Waals surface area contributed by atoms with Crippen LogP contribution in [0.1, 0.15) is 11.1 Å². The van der Waals surface area contributed by atoms with Crippen molar-refractivity contribution in [3.63, 3.8) is 0 Å². The number of hydrogen-bond donors (Lipinski definition) is 1. The molecule has 0 aromatic heterocycles. The first-order chi connectivity index (χ1) is 15.1. The van der Waals surface area contributed by atoms with Gasteiger partial charge in [-0.05, 0) is 23.3 Å². The lowest BCUT2D eigenvalue weighted by molar-refractivity contribution is -0.133. The van der Waals surface area contributed by atoms with Gasteiger partial charge in [0.05, 0.1) is 7.11 Å². The zero-order chi connectivity index (χ0) is 21.9. The molecule has 3 rings (SSSR count). The SMILES string of the molecule is COc1cc(OC(=O)CNC(=O)OCc2ccccc2)ccc1OCc1ccccc1. The number of esters is 1. The number of benzene rings is 3. The van der Waals surface area contributed by atoms with Gasteiger partial charge in [0, 0.05) is 6.07 Å². The van der Waals surface area contributed by atoms with Crippen LogP contribution in [0, 0.1) is 0 Å². The van der Waals surface area contributed by atoms with Crippen molar-refractivity contribution in [2.24, 2.45) is 0 Å². The third-order valence-corrected chi connectivity index (χ3v) is 4.19. The Labute approximate surface area is 180 Å².